The molecule has 1 amide bonds. The van der Waals surface area contributed by atoms with Crippen molar-refractivity contribution in [1.82, 2.24) is 15.5 Å². The molecule has 0 bridgehead atoms. The summed E-state index contributed by atoms with van der Waals surface area (Å²) >= 11 is 0. The molecule has 2 heterocycles. The lowest BCUT2D eigenvalue weighted by molar-refractivity contribution is -0.121. The van der Waals surface area contributed by atoms with Gasteiger partial charge in [-0.05, 0) is 32.4 Å². The minimum Gasteiger partial charge on any atom is -0.464 e. The highest BCUT2D eigenvalue weighted by Gasteiger charge is 2.14. The molecule has 1 N–H and O–H groups in total. The van der Waals surface area contributed by atoms with Crippen LogP contribution in [0, 0.1) is 6.92 Å². The van der Waals surface area contributed by atoms with Crippen molar-refractivity contribution >= 4 is 5.91 Å². The number of furan rings is 1. The van der Waals surface area contributed by atoms with Crippen LogP contribution in [0.3, 0.4) is 0 Å². The van der Waals surface area contributed by atoms with Crippen LogP contribution in [0.1, 0.15) is 68.8 Å². The molecule has 0 radical (unpaired) electrons. The fourth-order valence-corrected chi connectivity index (χ4v) is 2.08. The van der Waals surface area contributed by atoms with Crippen LogP contribution in [0.5, 0.6) is 0 Å². The zero-order valence-electron chi connectivity index (χ0n) is 13.5. The van der Waals surface area contributed by atoms with E-state index in [0.717, 1.165) is 11.5 Å². The molecular formula is C16H23N3O3. The third-order valence-electron chi connectivity index (χ3n) is 3.36. The van der Waals surface area contributed by atoms with E-state index in [-0.39, 0.29) is 17.9 Å². The quantitative estimate of drug-likeness (QED) is 0.848. The number of nitrogens with zero attached hydrogens (tertiary/aromatic N) is 2. The van der Waals surface area contributed by atoms with E-state index in [0.29, 0.717) is 31.0 Å². The Morgan fingerprint density at radius 3 is 2.68 bits per heavy atom. The van der Waals surface area contributed by atoms with Gasteiger partial charge in [-0.1, -0.05) is 19.0 Å². The minimum absolute atomic E-state index is 0.00912. The summed E-state index contributed by atoms with van der Waals surface area (Å²) < 4.78 is 10.7. The maximum absolute atomic E-state index is 11.9. The lowest BCUT2D eigenvalue weighted by Gasteiger charge is -2.11. The summed E-state index contributed by atoms with van der Waals surface area (Å²) in [4.78, 5) is 16.2. The van der Waals surface area contributed by atoms with Crippen molar-refractivity contribution in [3.8, 4) is 0 Å². The third kappa shape index (κ3) is 4.44. The van der Waals surface area contributed by atoms with Crippen LogP contribution in [0.4, 0.5) is 0 Å². The first-order chi connectivity index (χ1) is 10.5. The van der Waals surface area contributed by atoms with Gasteiger partial charge in [-0.3, -0.25) is 4.79 Å². The number of carbonyl (C=O) groups is 1. The zero-order valence-corrected chi connectivity index (χ0v) is 13.5. The van der Waals surface area contributed by atoms with E-state index >= 15 is 0 Å². The first-order valence-corrected chi connectivity index (χ1v) is 7.64. The summed E-state index contributed by atoms with van der Waals surface area (Å²) in [5.74, 6) is 3.15. The van der Waals surface area contributed by atoms with Crippen molar-refractivity contribution in [2.24, 2.45) is 0 Å². The summed E-state index contributed by atoms with van der Waals surface area (Å²) in [6.07, 6.45) is 1.71. The van der Waals surface area contributed by atoms with Crippen LogP contribution < -0.4 is 5.32 Å². The smallest absolute Gasteiger partial charge is 0.226 e. The number of hydrogen-bond acceptors (Lipinski definition) is 5. The van der Waals surface area contributed by atoms with E-state index in [1.54, 1.807) is 0 Å². The van der Waals surface area contributed by atoms with E-state index < -0.39 is 0 Å². The van der Waals surface area contributed by atoms with E-state index in [1.165, 1.54) is 0 Å². The van der Waals surface area contributed by atoms with Gasteiger partial charge in [0.15, 0.2) is 5.82 Å². The average molecular weight is 305 g/mol. The number of aryl methyl sites for hydroxylation is 2. The second-order valence-electron chi connectivity index (χ2n) is 5.79. The number of nitrogens with one attached hydrogen (secondary N) is 1. The molecule has 0 fully saturated rings. The Balaban J connectivity index is 1.73. The van der Waals surface area contributed by atoms with Gasteiger partial charge in [0, 0.05) is 18.8 Å². The molecule has 0 aliphatic carbocycles. The van der Waals surface area contributed by atoms with Crippen molar-refractivity contribution in [3.05, 3.63) is 35.4 Å². The van der Waals surface area contributed by atoms with Crippen molar-refractivity contribution < 1.29 is 13.7 Å². The predicted octanol–water partition coefficient (Wildman–Crippen LogP) is 3.29. The van der Waals surface area contributed by atoms with Crippen LogP contribution in [0.2, 0.25) is 0 Å². The minimum atomic E-state index is -0.128. The zero-order chi connectivity index (χ0) is 16.1. The molecule has 1 unspecified atom stereocenters. The molecule has 0 spiro atoms. The molecule has 1 atom stereocenters. The van der Waals surface area contributed by atoms with E-state index in [4.69, 9.17) is 8.94 Å². The highest BCUT2D eigenvalue weighted by Crippen LogP contribution is 2.16. The maximum atomic E-state index is 11.9. The molecule has 0 aliphatic rings. The summed E-state index contributed by atoms with van der Waals surface area (Å²) in [6.45, 7) is 7.82. The molecule has 22 heavy (non-hydrogen) atoms. The topological polar surface area (TPSA) is 81.2 Å². The Hall–Kier alpha value is -2.11. The van der Waals surface area contributed by atoms with Crippen LogP contribution in [0.15, 0.2) is 21.1 Å². The molecule has 0 aliphatic heterocycles. The predicted molar refractivity (Wildman–Crippen MR) is 81.3 cm³/mol. The number of amides is 1. The standard InChI is InChI=1S/C16H23N3O3/c1-10(2)16-18-15(22-19-16)7-5-6-14(20)17-12(4)13-9-8-11(3)21-13/h8-10,12H,5-7H2,1-4H3,(H,17,20). The summed E-state index contributed by atoms with van der Waals surface area (Å²) in [6, 6.07) is 3.64. The lowest BCUT2D eigenvalue weighted by Crippen LogP contribution is -2.26. The van der Waals surface area contributed by atoms with Gasteiger partial charge in [0.2, 0.25) is 11.8 Å². The van der Waals surface area contributed by atoms with Crippen LogP contribution in [-0.2, 0) is 11.2 Å². The van der Waals surface area contributed by atoms with Crippen molar-refractivity contribution in [3.63, 3.8) is 0 Å². The van der Waals surface area contributed by atoms with Crippen molar-refractivity contribution in [1.29, 1.82) is 0 Å². The van der Waals surface area contributed by atoms with Crippen LogP contribution in [0.25, 0.3) is 0 Å². The van der Waals surface area contributed by atoms with Crippen LogP contribution in [-0.4, -0.2) is 16.0 Å². The molecule has 0 aromatic carbocycles. The van der Waals surface area contributed by atoms with Crippen molar-refractivity contribution in [2.75, 3.05) is 0 Å². The largest absolute Gasteiger partial charge is 0.464 e. The molecular weight excluding hydrogens is 282 g/mol. The molecule has 2 rings (SSSR count). The van der Waals surface area contributed by atoms with Gasteiger partial charge < -0.3 is 14.3 Å². The van der Waals surface area contributed by atoms with Crippen LogP contribution >= 0.6 is 0 Å². The SMILES string of the molecule is Cc1ccc(C(C)NC(=O)CCCc2nc(C(C)C)no2)o1. The normalized spacial score (nSPS) is 12.6. The van der Waals surface area contributed by atoms with Gasteiger partial charge in [-0.2, -0.15) is 4.98 Å². The van der Waals surface area contributed by atoms with Gasteiger partial charge >= 0.3 is 0 Å². The highest BCUT2D eigenvalue weighted by molar-refractivity contribution is 5.76. The van der Waals surface area contributed by atoms with Gasteiger partial charge in [0.25, 0.3) is 0 Å². The Morgan fingerprint density at radius 2 is 2.09 bits per heavy atom. The maximum Gasteiger partial charge on any atom is 0.226 e. The first kappa shape index (κ1) is 16.3. The van der Waals surface area contributed by atoms with E-state index in [9.17, 15) is 4.79 Å². The van der Waals surface area contributed by atoms with E-state index in [1.807, 2.05) is 39.8 Å². The number of aromatic nitrogens is 2. The van der Waals surface area contributed by atoms with Gasteiger partial charge in [0.05, 0.1) is 6.04 Å². The molecule has 2 aromatic rings. The Labute approximate surface area is 130 Å². The second kappa shape index (κ2) is 7.24. The summed E-state index contributed by atoms with van der Waals surface area (Å²) in [7, 11) is 0. The summed E-state index contributed by atoms with van der Waals surface area (Å²) in [5.41, 5.74) is 0. The monoisotopic (exact) mass is 305 g/mol. The molecule has 120 valence electrons. The molecule has 6 nitrogen and oxygen atoms in total. The van der Waals surface area contributed by atoms with Gasteiger partial charge in [-0.25, -0.2) is 0 Å². The molecule has 0 saturated heterocycles. The molecule has 0 saturated carbocycles. The number of carbonyl (C=O) groups excluding carboxylic acids is 1. The average Bonchev–Trinajstić information content (AvgIpc) is 3.07. The lowest BCUT2D eigenvalue weighted by atomic mass is 10.2. The summed E-state index contributed by atoms with van der Waals surface area (Å²) in [5, 5.41) is 6.82. The number of hydrogen-bond donors (Lipinski definition) is 1. The Morgan fingerprint density at radius 1 is 1.32 bits per heavy atom. The van der Waals surface area contributed by atoms with Gasteiger partial charge in [0.1, 0.15) is 11.5 Å². The Bertz CT molecular complexity index is 616. The van der Waals surface area contributed by atoms with E-state index in [2.05, 4.69) is 15.5 Å². The first-order valence-electron chi connectivity index (χ1n) is 7.64. The fourth-order valence-electron chi connectivity index (χ4n) is 2.08. The molecule has 2 aromatic heterocycles. The third-order valence-corrected chi connectivity index (χ3v) is 3.36. The fraction of sp³-hybridized carbons (Fsp3) is 0.562. The van der Waals surface area contributed by atoms with Gasteiger partial charge in [-0.15, -0.1) is 0 Å². The van der Waals surface area contributed by atoms with Crippen molar-refractivity contribution in [2.45, 2.75) is 58.9 Å². The highest BCUT2D eigenvalue weighted by atomic mass is 16.5. The second-order valence-corrected chi connectivity index (χ2v) is 5.79. The Kier molecular flexibility index (Phi) is 5.35. The molecule has 6 heteroatoms. The number of rotatable bonds is 7.